The fourth-order valence-corrected chi connectivity index (χ4v) is 2.48. The molecule has 0 aromatic heterocycles. The SMILES string of the molecule is CCOc1ccc(C(=O)OCC(=O)N[C@@H](C)c2ccc(CC)cc2)cc1. The van der Waals surface area contributed by atoms with Crippen molar-refractivity contribution in [2.75, 3.05) is 13.2 Å². The molecule has 0 unspecified atom stereocenters. The number of hydrogen-bond acceptors (Lipinski definition) is 4. The molecule has 5 heteroatoms. The Bertz CT molecular complexity index is 723. The van der Waals surface area contributed by atoms with E-state index in [0.29, 0.717) is 17.9 Å². The van der Waals surface area contributed by atoms with Gasteiger partial charge in [-0.2, -0.15) is 0 Å². The summed E-state index contributed by atoms with van der Waals surface area (Å²) in [5, 5.41) is 2.83. The second-order valence-electron chi connectivity index (χ2n) is 5.92. The number of carbonyl (C=O) groups is 2. The van der Waals surface area contributed by atoms with Gasteiger partial charge < -0.3 is 14.8 Å². The average molecular weight is 355 g/mol. The van der Waals surface area contributed by atoms with Gasteiger partial charge in [0.15, 0.2) is 6.61 Å². The molecule has 2 aromatic rings. The van der Waals surface area contributed by atoms with Gasteiger partial charge in [-0.1, -0.05) is 31.2 Å². The maximum atomic E-state index is 12.0. The quantitative estimate of drug-likeness (QED) is 0.734. The number of esters is 1. The second-order valence-corrected chi connectivity index (χ2v) is 5.92. The monoisotopic (exact) mass is 355 g/mol. The summed E-state index contributed by atoms with van der Waals surface area (Å²) in [6.45, 7) is 6.12. The number of amides is 1. The molecular weight excluding hydrogens is 330 g/mol. The third-order valence-corrected chi connectivity index (χ3v) is 4.00. The van der Waals surface area contributed by atoms with Gasteiger partial charge in [0, 0.05) is 0 Å². The van der Waals surface area contributed by atoms with Crippen LogP contribution in [0.25, 0.3) is 0 Å². The molecule has 0 aliphatic heterocycles. The summed E-state index contributed by atoms with van der Waals surface area (Å²) in [5.41, 5.74) is 2.63. The van der Waals surface area contributed by atoms with E-state index in [-0.39, 0.29) is 18.6 Å². The predicted molar refractivity (Wildman–Crippen MR) is 100 cm³/mol. The van der Waals surface area contributed by atoms with Crippen LogP contribution in [0.4, 0.5) is 0 Å². The molecule has 1 N–H and O–H groups in total. The van der Waals surface area contributed by atoms with Crippen LogP contribution in [0.5, 0.6) is 5.75 Å². The van der Waals surface area contributed by atoms with Crippen LogP contribution in [0.3, 0.4) is 0 Å². The van der Waals surface area contributed by atoms with Crippen molar-refractivity contribution in [1.29, 1.82) is 0 Å². The van der Waals surface area contributed by atoms with Crippen LogP contribution in [0.15, 0.2) is 48.5 Å². The molecule has 0 saturated carbocycles. The van der Waals surface area contributed by atoms with Crippen LogP contribution in [0.1, 0.15) is 48.3 Å². The Morgan fingerprint density at radius 3 is 2.23 bits per heavy atom. The Balaban J connectivity index is 1.82. The molecule has 0 spiro atoms. The first-order chi connectivity index (χ1) is 12.5. The Hall–Kier alpha value is -2.82. The third-order valence-electron chi connectivity index (χ3n) is 4.00. The summed E-state index contributed by atoms with van der Waals surface area (Å²) < 4.78 is 10.4. The molecule has 1 amide bonds. The lowest BCUT2D eigenvalue weighted by molar-refractivity contribution is -0.124. The fourth-order valence-electron chi connectivity index (χ4n) is 2.48. The summed E-state index contributed by atoms with van der Waals surface area (Å²) in [6.07, 6.45) is 0.975. The predicted octanol–water partition coefficient (Wildman–Crippen LogP) is 3.68. The highest BCUT2D eigenvalue weighted by molar-refractivity contribution is 5.91. The molecule has 0 saturated heterocycles. The minimum Gasteiger partial charge on any atom is -0.494 e. The number of ether oxygens (including phenoxy) is 2. The van der Waals surface area contributed by atoms with Gasteiger partial charge in [0.25, 0.3) is 5.91 Å². The standard InChI is InChI=1S/C21H25NO4/c1-4-16-6-8-17(9-7-16)15(3)22-20(23)14-26-21(24)18-10-12-19(13-11-18)25-5-2/h6-13,15H,4-5,14H2,1-3H3,(H,22,23)/t15-/m0/s1. The summed E-state index contributed by atoms with van der Waals surface area (Å²) in [5.74, 6) is -0.191. The summed E-state index contributed by atoms with van der Waals surface area (Å²) in [6, 6.07) is 14.5. The van der Waals surface area contributed by atoms with E-state index in [1.165, 1.54) is 5.56 Å². The normalized spacial score (nSPS) is 11.5. The van der Waals surface area contributed by atoms with E-state index >= 15 is 0 Å². The van der Waals surface area contributed by atoms with Gasteiger partial charge in [-0.25, -0.2) is 4.79 Å². The second kappa shape index (κ2) is 9.61. The molecular formula is C21H25NO4. The molecule has 0 bridgehead atoms. The smallest absolute Gasteiger partial charge is 0.338 e. The Morgan fingerprint density at radius 2 is 1.65 bits per heavy atom. The molecule has 0 aliphatic rings. The van der Waals surface area contributed by atoms with Crippen LogP contribution < -0.4 is 10.1 Å². The topological polar surface area (TPSA) is 64.6 Å². The van der Waals surface area contributed by atoms with Gasteiger partial charge in [-0.3, -0.25) is 4.79 Å². The van der Waals surface area contributed by atoms with Crippen molar-refractivity contribution in [2.45, 2.75) is 33.2 Å². The highest BCUT2D eigenvalue weighted by atomic mass is 16.5. The number of benzene rings is 2. The maximum absolute atomic E-state index is 12.0. The molecule has 138 valence electrons. The van der Waals surface area contributed by atoms with E-state index < -0.39 is 5.97 Å². The molecule has 5 nitrogen and oxygen atoms in total. The van der Waals surface area contributed by atoms with Crippen molar-refractivity contribution in [2.24, 2.45) is 0 Å². The Kier molecular flexibility index (Phi) is 7.21. The highest BCUT2D eigenvalue weighted by Crippen LogP contribution is 2.14. The van der Waals surface area contributed by atoms with Gasteiger partial charge in [-0.15, -0.1) is 0 Å². The van der Waals surface area contributed by atoms with Crippen LogP contribution >= 0.6 is 0 Å². The molecule has 0 heterocycles. The number of nitrogens with one attached hydrogen (secondary N) is 1. The van der Waals surface area contributed by atoms with E-state index in [1.807, 2.05) is 38.1 Å². The minimum absolute atomic E-state index is 0.155. The first kappa shape index (κ1) is 19.5. The van der Waals surface area contributed by atoms with Crippen molar-refractivity contribution in [3.8, 4) is 5.75 Å². The zero-order valence-corrected chi connectivity index (χ0v) is 15.5. The molecule has 26 heavy (non-hydrogen) atoms. The molecule has 2 rings (SSSR count). The third kappa shape index (κ3) is 5.62. The van der Waals surface area contributed by atoms with E-state index in [2.05, 4.69) is 12.2 Å². The summed E-state index contributed by atoms with van der Waals surface area (Å²) in [7, 11) is 0. The van der Waals surface area contributed by atoms with Crippen molar-refractivity contribution >= 4 is 11.9 Å². The Labute approximate surface area is 154 Å². The van der Waals surface area contributed by atoms with E-state index in [4.69, 9.17) is 9.47 Å². The largest absolute Gasteiger partial charge is 0.494 e. The minimum atomic E-state index is -0.539. The number of rotatable bonds is 8. The lowest BCUT2D eigenvalue weighted by atomic mass is 10.1. The van der Waals surface area contributed by atoms with Crippen molar-refractivity contribution < 1.29 is 19.1 Å². The van der Waals surface area contributed by atoms with Crippen molar-refractivity contribution in [3.63, 3.8) is 0 Å². The molecule has 0 fully saturated rings. The number of hydrogen-bond donors (Lipinski definition) is 1. The van der Waals surface area contributed by atoms with Crippen molar-refractivity contribution in [3.05, 3.63) is 65.2 Å². The van der Waals surface area contributed by atoms with E-state index in [0.717, 1.165) is 12.0 Å². The summed E-state index contributed by atoms with van der Waals surface area (Å²) >= 11 is 0. The molecule has 2 aromatic carbocycles. The lowest BCUT2D eigenvalue weighted by Gasteiger charge is -2.15. The zero-order chi connectivity index (χ0) is 18.9. The summed E-state index contributed by atoms with van der Waals surface area (Å²) in [4.78, 5) is 24.0. The molecule has 0 aliphatic carbocycles. The van der Waals surface area contributed by atoms with Crippen LogP contribution in [0, 0.1) is 0 Å². The fraction of sp³-hybridized carbons (Fsp3) is 0.333. The van der Waals surface area contributed by atoms with Gasteiger partial charge in [0.2, 0.25) is 0 Å². The Morgan fingerprint density at radius 1 is 1.00 bits per heavy atom. The highest BCUT2D eigenvalue weighted by Gasteiger charge is 2.13. The van der Waals surface area contributed by atoms with Gasteiger partial charge in [0.05, 0.1) is 18.2 Å². The first-order valence-electron chi connectivity index (χ1n) is 8.81. The number of carbonyl (C=O) groups excluding carboxylic acids is 2. The lowest BCUT2D eigenvalue weighted by Crippen LogP contribution is -2.31. The first-order valence-corrected chi connectivity index (χ1v) is 8.81. The van der Waals surface area contributed by atoms with Gasteiger partial charge in [0.1, 0.15) is 5.75 Å². The van der Waals surface area contributed by atoms with E-state index in [1.54, 1.807) is 24.3 Å². The van der Waals surface area contributed by atoms with Gasteiger partial charge >= 0.3 is 5.97 Å². The average Bonchev–Trinajstić information content (AvgIpc) is 2.67. The van der Waals surface area contributed by atoms with Crippen molar-refractivity contribution in [1.82, 2.24) is 5.32 Å². The van der Waals surface area contributed by atoms with Gasteiger partial charge in [-0.05, 0) is 55.7 Å². The molecule has 0 radical (unpaired) electrons. The van der Waals surface area contributed by atoms with Crippen LogP contribution in [-0.2, 0) is 16.0 Å². The van der Waals surface area contributed by atoms with Crippen LogP contribution in [0.2, 0.25) is 0 Å². The van der Waals surface area contributed by atoms with Crippen LogP contribution in [-0.4, -0.2) is 25.1 Å². The molecule has 1 atom stereocenters. The maximum Gasteiger partial charge on any atom is 0.338 e. The number of aryl methyl sites for hydroxylation is 1. The zero-order valence-electron chi connectivity index (χ0n) is 15.5. The van der Waals surface area contributed by atoms with E-state index in [9.17, 15) is 9.59 Å².